The molecule has 1 aromatic carbocycles. The first-order chi connectivity index (χ1) is 10.8. The van der Waals surface area contributed by atoms with E-state index >= 15 is 0 Å². The molecule has 0 unspecified atom stereocenters. The summed E-state index contributed by atoms with van der Waals surface area (Å²) < 4.78 is 7.80. The summed E-state index contributed by atoms with van der Waals surface area (Å²) in [6, 6.07) is 8.23. The molecule has 0 aliphatic carbocycles. The van der Waals surface area contributed by atoms with E-state index in [4.69, 9.17) is 9.72 Å². The van der Waals surface area contributed by atoms with Crippen molar-refractivity contribution in [2.75, 3.05) is 26.3 Å². The van der Waals surface area contributed by atoms with Crippen LogP contribution in [0.15, 0.2) is 29.6 Å². The van der Waals surface area contributed by atoms with E-state index < -0.39 is 0 Å². The number of ether oxygens (including phenoxy) is 1. The molecule has 0 bridgehead atoms. The molecule has 1 saturated heterocycles. The molecule has 1 aliphatic rings. The molecular weight excluding hydrogens is 280 g/mol. The highest BCUT2D eigenvalue weighted by Gasteiger charge is 2.25. The predicted octanol–water partition coefficient (Wildman–Crippen LogP) is 2.93. The fraction of sp³-hybridized carbons (Fsp3) is 0.562. The fourth-order valence-electron chi connectivity index (χ4n) is 3.15. The number of fused-ring (bicyclic) bond motifs is 1. The zero-order valence-electron chi connectivity index (χ0n) is 12.9. The van der Waals surface area contributed by atoms with Crippen LogP contribution in [-0.4, -0.2) is 40.9 Å². The van der Waals surface area contributed by atoms with Crippen LogP contribution >= 0.6 is 0 Å². The number of imidazole rings is 1. The zero-order valence-corrected chi connectivity index (χ0v) is 12.9. The van der Waals surface area contributed by atoms with E-state index in [1.54, 1.807) is 5.01 Å². The molecule has 2 heterocycles. The molecular formula is C16H22N4O2. The number of hydrogen-bond donors (Lipinski definition) is 0. The smallest absolute Gasteiger partial charge is 0.113 e. The highest BCUT2D eigenvalue weighted by Crippen LogP contribution is 2.30. The summed E-state index contributed by atoms with van der Waals surface area (Å²) >= 11 is 0. The summed E-state index contributed by atoms with van der Waals surface area (Å²) in [7, 11) is 0. The van der Waals surface area contributed by atoms with Crippen molar-refractivity contribution in [3.8, 4) is 0 Å². The topological polar surface area (TPSA) is 59.7 Å². The van der Waals surface area contributed by atoms with Gasteiger partial charge in [-0.3, -0.25) is 5.01 Å². The minimum absolute atomic E-state index is 0.382. The van der Waals surface area contributed by atoms with Crippen molar-refractivity contribution < 1.29 is 4.74 Å². The van der Waals surface area contributed by atoms with Gasteiger partial charge in [-0.25, -0.2) is 4.98 Å². The second-order valence-electron chi connectivity index (χ2n) is 5.62. The van der Waals surface area contributed by atoms with E-state index in [-0.39, 0.29) is 0 Å². The number of rotatable bonds is 6. The van der Waals surface area contributed by atoms with E-state index in [1.807, 2.05) is 19.1 Å². The van der Waals surface area contributed by atoms with E-state index in [0.29, 0.717) is 25.6 Å². The lowest BCUT2D eigenvalue weighted by Gasteiger charge is -2.27. The highest BCUT2D eigenvalue weighted by atomic mass is 16.5. The molecule has 22 heavy (non-hydrogen) atoms. The van der Waals surface area contributed by atoms with Crippen LogP contribution in [0.2, 0.25) is 0 Å². The minimum Gasteiger partial charge on any atom is -0.380 e. The maximum absolute atomic E-state index is 10.6. The molecule has 0 radical (unpaired) electrons. The molecule has 6 nitrogen and oxygen atoms in total. The molecule has 6 heteroatoms. The second-order valence-corrected chi connectivity index (χ2v) is 5.62. The number of nitroso groups, excluding NO2 is 1. The second kappa shape index (κ2) is 6.87. The quantitative estimate of drug-likeness (QED) is 0.608. The molecule has 1 fully saturated rings. The number of nitrogens with zero attached hydrogens (tertiary/aromatic N) is 4. The number of aromatic nitrogens is 2. The Kier molecular flexibility index (Phi) is 4.68. The average molecular weight is 302 g/mol. The molecule has 1 aliphatic heterocycles. The summed E-state index contributed by atoms with van der Waals surface area (Å²) in [4.78, 5) is 15.5. The first-order valence-corrected chi connectivity index (χ1v) is 7.94. The molecule has 3 rings (SSSR count). The van der Waals surface area contributed by atoms with Gasteiger partial charge < -0.3 is 9.30 Å². The summed E-state index contributed by atoms with van der Waals surface area (Å²) in [6.07, 6.45) is 1.84. The molecule has 0 N–H and O–H groups in total. The fourth-order valence-corrected chi connectivity index (χ4v) is 3.15. The van der Waals surface area contributed by atoms with Crippen molar-refractivity contribution in [1.29, 1.82) is 0 Å². The first kappa shape index (κ1) is 15.0. The lowest BCUT2D eigenvalue weighted by Crippen LogP contribution is -2.29. The van der Waals surface area contributed by atoms with Crippen molar-refractivity contribution in [1.82, 2.24) is 14.6 Å². The van der Waals surface area contributed by atoms with Gasteiger partial charge in [-0.15, -0.1) is 4.91 Å². The van der Waals surface area contributed by atoms with E-state index in [0.717, 1.165) is 42.9 Å². The van der Waals surface area contributed by atoms with Crippen LogP contribution in [0.25, 0.3) is 11.0 Å². The number of piperidine rings is 1. The lowest BCUT2D eigenvalue weighted by atomic mass is 9.97. The summed E-state index contributed by atoms with van der Waals surface area (Å²) in [5.41, 5.74) is 2.19. The standard InChI is InChI=1S/C16H22N4O2/c1-2-22-12-11-20-15-6-4-3-5-14(15)17-16(20)13-7-9-19(18-21)10-8-13/h3-6,13H,2,7-12H2,1H3. The third-order valence-electron chi connectivity index (χ3n) is 4.30. The van der Waals surface area contributed by atoms with E-state index in [9.17, 15) is 4.91 Å². The highest BCUT2D eigenvalue weighted by molar-refractivity contribution is 5.76. The third-order valence-corrected chi connectivity index (χ3v) is 4.30. The van der Waals surface area contributed by atoms with Gasteiger partial charge in [-0.05, 0) is 31.9 Å². The van der Waals surface area contributed by atoms with Crippen LogP contribution in [0.3, 0.4) is 0 Å². The van der Waals surface area contributed by atoms with Gasteiger partial charge >= 0.3 is 0 Å². The van der Waals surface area contributed by atoms with Crippen molar-refractivity contribution in [2.24, 2.45) is 5.29 Å². The van der Waals surface area contributed by atoms with Gasteiger partial charge in [0, 0.05) is 32.2 Å². The number of para-hydroxylation sites is 2. The Balaban J connectivity index is 1.87. The number of benzene rings is 1. The Labute approximate surface area is 130 Å². The Hall–Kier alpha value is -1.95. The summed E-state index contributed by atoms with van der Waals surface area (Å²) in [5.74, 6) is 1.50. The molecule has 0 saturated carbocycles. The molecule has 0 atom stereocenters. The van der Waals surface area contributed by atoms with Crippen LogP contribution in [0.5, 0.6) is 0 Å². The van der Waals surface area contributed by atoms with Gasteiger partial charge in [-0.1, -0.05) is 12.1 Å². The van der Waals surface area contributed by atoms with Crippen LogP contribution < -0.4 is 0 Å². The predicted molar refractivity (Wildman–Crippen MR) is 85.6 cm³/mol. The first-order valence-electron chi connectivity index (χ1n) is 7.94. The van der Waals surface area contributed by atoms with Gasteiger partial charge in [0.15, 0.2) is 0 Å². The Morgan fingerprint density at radius 3 is 2.82 bits per heavy atom. The molecule has 2 aromatic rings. The molecule has 0 spiro atoms. The summed E-state index contributed by atoms with van der Waals surface area (Å²) in [5, 5.41) is 4.64. The Bertz CT molecular complexity index is 632. The van der Waals surface area contributed by atoms with Gasteiger partial charge in [0.05, 0.1) is 22.9 Å². The summed E-state index contributed by atoms with van der Waals surface area (Å²) in [6.45, 7) is 5.67. The maximum atomic E-state index is 10.6. The monoisotopic (exact) mass is 302 g/mol. The van der Waals surface area contributed by atoms with E-state index in [1.165, 1.54) is 0 Å². The van der Waals surface area contributed by atoms with Gasteiger partial charge in [0.25, 0.3) is 0 Å². The molecule has 1 aromatic heterocycles. The largest absolute Gasteiger partial charge is 0.380 e. The zero-order chi connectivity index (χ0) is 15.4. The van der Waals surface area contributed by atoms with Crippen molar-refractivity contribution in [2.45, 2.75) is 32.2 Å². The average Bonchev–Trinajstić information content (AvgIpc) is 2.94. The van der Waals surface area contributed by atoms with Crippen molar-refractivity contribution in [3.63, 3.8) is 0 Å². The van der Waals surface area contributed by atoms with Crippen LogP contribution in [0.4, 0.5) is 0 Å². The van der Waals surface area contributed by atoms with Crippen LogP contribution in [0, 0.1) is 4.91 Å². The Morgan fingerprint density at radius 1 is 1.32 bits per heavy atom. The van der Waals surface area contributed by atoms with Crippen molar-refractivity contribution >= 4 is 11.0 Å². The lowest BCUT2D eigenvalue weighted by molar-refractivity contribution is 0.138. The van der Waals surface area contributed by atoms with Gasteiger partial charge in [0.2, 0.25) is 0 Å². The van der Waals surface area contributed by atoms with Crippen LogP contribution in [-0.2, 0) is 11.3 Å². The van der Waals surface area contributed by atoms with E-state index in [2.05, 4.69) is 22.0 Å². The minimum atomic E-state index is 0.382. The van der Waals surface area contributed by atoms with Crippen LogP contribution in [0.1, 0.15) is 31.5 Å². The number of hydrogen-bond acceptors (Lipinski definition) is 4. The molecule has 0 amide bonds. The normalized spacial score (nSPS) is 16.3. The third kappa shape index (κ3) is 2.97. The SMILES string of the molecule is CCOCCn1c(C2CCN(N=O)CC2)nc2ccccc21. The Morgan fingerprint density at radius 2 is 2.09 bits per heavy atom. The van der Waals surface area contributed by atoms with Gasteiger partial charge in [0.1, 0.15) is 5.82 Å². The molecule has 118 valence electrons. The van der Waals surface area contributed by atoms with Crippen molar-refractivity contribution in [3.05, 3.63) is 35.0 Å². The maximum Gasteiger partial charge on any atom is 0.113 e. The van der Waals surface area contributed by atoms with Gasteiger partial charge in [-0.2, -0.15) is 0 Å².